The van der Waals surface area contributed by atoms with Crippen molar-refractivity contribution < 1.29 is 24.5 Å². The molecule has 7 nitrogen and oxygen atoms in total. The highest BCUT2D eigenvalue weighted by molar-refractivity contribution is 6.31. The van der Waals surface area contributed by atoms with Gasteiger partial charge in [0.05, 0.1) is 28.8 Å². The number of aliphatic hydroxyl groups is 1. The summed E-state index contributed by atoms with van der Waals surface area (Å²) in [5.41, 5.74) is 5.05. The Morgan fingerprint density at radius 1 is 1.09 bits per heavy atom. The van der Waals surface area contributed by atoms with E-state index in [0.29, 0.717) is 16.9 Å². The lowest BCUT2D eigenvalue weighted by Crippen LogP contribution is -2.53. The summed E-state index contributed by atoms with van der Waals surface area (Å²) in [6.07, 6.45) is 2.31. The van der Waals surface area contributed by atoms with E-state index in [0.717, 1.165) is 0 Å². The second kappa shape index (κ2) is 6.51. The van der Waals surface area contributed by atoms with E-state index in [1.807, 2.05) is 6.92 Å². The number of aliphatic hydroxyl groups excluding tert-OH is 1. The van der Waals surface area contributed by atoms with Gasteiger partial charge in [-0.3, -0.25) is 9.59 Å². The number of nitrogen functional groups attached to an aromatic ring is 1. The van der Waals surface area contributed by atoms with Crippen LogP contribution in [0.5, 0.6) is 5.75 Å². The van der Waals surface area contributed by atoms with Gasteiger partial charge in [-0.25, -0.2) is 0 Å². The number of nitrogens with one attached hydrogen (secondary N) is 1. The molecule has 5 atom stereocenters. The molecule has 168 valence electrons. The minimum atomic E-state index is -1.15. The number of phenols is 1. The molecule has 1 saturated heterocycles. The molecule has 0 radical (unpaired) electrons. The molecule has 2 heterocycles. The molecule has 2 aliphatic heterocycles. The summed E-state index contributed by atoms with van der Waals surface area (Å²) in [5.74, 6) is 10.4. The minimum Gasteiger partial charge on any atom is -0.507 e. The van der Waals surface area contributed by atoms with Crippen molar-refractivity contribution in [3.63, 3.8) is 0 Å². The van der Waals surface area contributed by atoms with Crippen molar-refractivity contribution >= 4 is 22.9 Å². The summed E-state index contributed by atoms with van der Waals surface area (Å²) in [4.78, 5) is 27.1. The maximum atomic E-state index is 13.7. The molecule has 6 rings (SSSR count). The zero-order valence-corrected chi connectivity index (χ0v) is 18.4. The van der Waals surface area contributed by atoms with E-state index in [-0.39, 0.29) is 28.0 Å². The number of fused-ring (bicyclic) bond motifs is 4. The van der Waals surface area contributed by atoms with E-state index in [9.17, 15) is 19.8 Å². The first-order valence-electron chi connectivity index (χ1n) is 10.9. The van der Waals surface area contributed by atoms with Gasteiger partial charge in [0.1, 0.15) is 17.4 Å². The fourth-order valence-electron chi connectivity index (χ4n) is 5.75. The number of anilines is 2. The van der Waals surface area contributed by atoms with Crippen LogP contribution in [0.4, 0.5) is 11.4 Å². The number of epoxide rings is 1. The third-order valence-electron chi connectivity index (χ3n) is 7.29. The number of phenolic OH excluding ortho intramolecular Hbond substituents is 1. The fraction of sp³-hybridized carbons (Fsp3) is 0.259. The summed E-state index contributed by atoms with van der Waals surface area (Å²) in [5, 5.41) is 25.2. The highest BCUT2D eigenvalue weighted by Gasteiger charge is 2.81. The molecule has 4 aliphatic rings. The molecule has 0 amide bonds. The Kier molecular flexibility index (Phi) is 3.94. The summed E-state index contributed by atoms with van der Waals surface area (Å²) < 4.78 is 6.37. The van der Waals surface area contributed by atoms with Crippen LogP contribution in [0.25, 0.3) is 0 Å². The number of hydrogen-bond donors (Lipinski definition) is 4. The van der Waals surface area contributed by atoms with E-state index in [4.69, 9.17) is 10.5 Å². The van der Waals surface area contributed by atoms with E-state index in [1.165, 1.54) is 18.2 Å². The summed E-state index contributed by atoms with van der Waals surface area (Å²) in [6, 6.07) is 5.27. The van der Waals surface area contributed by atoms with Gasteiger partial charge in [0.15, 0.2) is 17.2 Å². The molecule has 1 fully saturated rings. The number of ether oxygens (including phenoxy) is 1. The molecular formula is C27H20N2O5. The van der Waals surface area contributed by atoms with Gasteiger partial charge in [-0.05, 0) is 50.3 Å². The van der Waals surface area contributed by atoms with Gasteiger partial charge in [0.2, 0.25) is 0 Å². The van der Waals surface area contributed by atoms with Crippen LogP contribution < -0.4 is 11.1 Å². The van der Waals surface area contributed by atoms with Crippen LogP contribution in [0, 0.1) is 29.6 Å². The van der Waals surface area contributed by atoms with E-state index >= 15 is 0 Å². The smallest absolute Gasteiger partial charge is 0.198 e. The number of carbonyl (C=O) groups excluding carboxylic acids is 2. The Morgan fingerprint density at radius 2 is 1.79 bits per heavy atom. The molecular weight excluding hydrogens is 432 g/mol. The van der Waals surface area contributed by atoms with Crippen LogP contribution in [-0.4, -0.2) is 39.5 Å². The molecule has 7 heteroatoms. The number of aromatic hydroxyl groups is 1. The number of rotatable bonds is 1. The molecule has 0 saturated carbocycles. The Balaban J connectivity index is 1.68. The van der Waals surface area contributed by atoms with Crippen LogP contribution in [0.3, 0.4) is 0 Å². The van der Waals surface area contributed by atoms with Gasteiger partial charge >= 0.3 is 0 Å². The lowest BCUT2D eigenvalue weighted by Gasteiger charge is -2.38. The second-order valence-electron chi connectivity index (χ2n) is 9.05. The van der Waals surface area contributed by atoms with E-state index in [1.54, 1.807) is 25.1 Å². The largest absolute Gasteiger partial charge is 0.507 e. The zero-order valence-electron chi connectivity index (χ0n) is 18.4. The minimum absolute atomic E-state index is 0.0610. The number of carbonyl (C=O) groups is 2. The van der Waals surface area contributed by atoms with Crippen molar-refractivity contribution in [2.75, 3.05) is 11.1 Å². The number of ketones is 2. The van der Waals surface area contributed by atoms with Gasteiger partial charge in [-0.15, -0.1) is 0 Å². The van der Waals surface area contributed by atoms with Gasteiger partial charge in [-0.2, -0.15) is 0 Å². The van der Waals surface area contributed by atoms with E-state index in [2.05, 4.69) is 29.0 Å². The Morgan fingerprint density at radius 3 is 2.53 bits per heavy atom. The van der Waals surface area contributed by atoms with Crippen LogP contribution in [0.15, 0.2) is 36.4 Å². The lowest BCUT2D eigenvalue weighted by molar-refractivity contribution is 0.0868. The zero-order chi connectivity index (χ0) is 24.0. The number of allylic oxidation sites excluding steroid dienone is 2. The molecule has 5 N–H and O–H groups in total. The summed E-state index contributed by atoms with van der Waals surface area (Å²) >= 11 is 0. The molecule has 2 aromatic rings. The molecule has 2 aromatic carbocycles. The van der Waals surface area contributed by atoms with Crippen molar-refractivity contribution in [1.29, 1.82) is 0 Å². The maximum Gasteiger partial charge on any atom is 0.198 e. The van der Waals surface area contributed by atoms with Crippen molar-refractivity contribution in [3.05, 3.63) is 64.2 Å². The first kappa shape index (κ1) is 20.6. The summed E-state index contributed by atoms with van der Waals surface area (Å²) in [6.45, 7) is 3.49. The average molecular weight is 452 g/mol. The predicted molar refractivity (Wildman–Crippen MR) is 124 cm³/mol. The number of hydrogen-bond acceptors (Lipinski definition) is 7. The number of benzene rings is 2. The first-order chi connectivity index (χ1) is 16.2. The van der Waals surface area contributed by atoms with Crippen molar-refractivity contribution in [2.24, 2.45) is 5.92 Å². The Bertz CT molecular complexity index is 1500. The van der Waals surface area contributed by atoms with Crippen molar-refractivity contribution in [2.45, 2.75) is 37.2 Å². The SMILES string of the molecule is C[C@@H]1C#C/C=C\C#C[C@@H]2Nc3c(cc(O)c4c3C(=O)c3ccc(N)cc3C4=O)[C@]13O[C@@]23[C@@H](C)O. The molecule has 2 aliphatic carbocycles. The molecule has 0 aromatic heterocycles. The Hall–Kier alpha value is -4.04. The van der Waals surface area contributed by atoms with Crippen LogP contribution in [0.2, 0.25) is 0 Å². The average Bonchev–Trinajstić information content (AvgIpc) is 3.53. The molecule has 0 spiro atoms. The third kappa shape index (κ3) is 2.25. The van der Waals surface area contributed by atoms with Crippen LogP contribution in [-0.2, 0) is 10.3 Å². The maximum absolute atomic E-state index is 13.7. The lowest BCUT2D eigenvalue weighted by atomic mass is 9.67. The summed E-state index contributed by atoms with van der Waals surface area (Å²) in [7, 11) is 0. The van der Waals surface area contributed by atoms with Gasteiger partial charge in [0.25, 0.3) is 0 Å². The predicted octanol–water partition coefficient (Wildman–Crippen LogP) is 2.10. The van der Waals surface area contributed by atoms with Crippen molar-refractivity contribution in [1.82, 2.24) is 0 Å². The highest BCUT2D eigenvalue weighted by Crippen LogP contribution is 2.68. The molecule has 34 heavy (non-hydrogen) atoms. The van der Waals surface area contributed by atoms with Gasteiger partial charge in [0, 0.05) is 22.4 Å². The topological polar surface area (TPSA) is 125 Å². The quantitative estimate of drug-likeness (QED) is 0.193. The second-order valence-corrected chi connectivity index (χ2v) is 9.05. The van der Waals surface area contributed by atoms with E-state index < -0.39 is 40.8 Å². The fourth-order valence-corrected chi connectivity index (χ4v) is 5.75. The van der Waals surface area contributed by atoms with Gasteiger partial charge < -0.3 is 26.0 Å². The highest BCUT2D eigenvalue weighted by atomic mass is 16.6. The van der Waals surface area contributed by atoms with Crippen LogP contribution in [0.1, 0.15) is 51.3 Å². The monoisotopic (exact) mass is 452 g/mol. The first-order valence-corrected chi connectivity index (χ1v) is 10.9. The van der Waals surface area contributed by atoms with Gasteiger partial charge in [-0.1, -0.05) is 23.7 Å². The van der Waals surface area contributed by atoms with Crippen LogP contribution >= 0.6 is 0 Å². The number of nitrogens with two attached hydrogens (primary N) is 1. The molecule has 2 bridgehead atoms. The third-order valence-corrected chi connectivity index (χ3v) is 7.29. The normalized spacial score (nSPS) is 31.0. The Labute approximate surface area is 195 Å². The standard InChI is InChI=1S/C27H20N2O5/c1-13-7-5-3-4-6-8-20-27(14(2)30)26(13,34-27)18-12-19(31)21-22(23(18)29-20)24(32)16-10-9-15(28)11-17(16)25(21)33/h3-4,9-14,20,29-31H,28H2,1-2H3/b4-3-/t13-,14-,20+,26-,27+/m1/s1. The molecule has 0 unspecified atom stereocenters. The van der Waals surface area contributed by atoms with Crippen molar-refractivity contribution in [3.8, 4) is 29.4 Å².